The molecule has 0 saturated carbocycles. The first-order valence-electron chi connectivity index (χ1n) is 13.8. The Morgan fingerprint density at radius 2 is 1.65 bits per heavy atom. The highest BCUT2D eigenvalue weighted by Gasteiger charge is 2.32. The van der Waals surface area contributed by atoms with Crippen molar-refractivity contribution in [3.63, 3.8) is 0 Å². The smallest absolute Gasteiger partial charge is 0.261 e. The lowest BCUT2D eigenvalue weighted by Gasteiger charge is -2.35. The van der Waals surface area contributed by atoms with Gasteiger partial charge < -0.3 is 25.3 Å². The van der Waals surface area contributed by atoms with Crippen LogP contribution in [0.4, 0.5) is 0 Å². The minimum Gasteiger partial charge on any atom is -0.349 e. The summed E-state index contributed by atoms with van der Waals surface area (Å²) in [7, 11) is 1.98. The Bertz CT molecular complexity index is 1530. The second-order valence-electron chi connectivity index (χ2n) is 10.5. The number of carbonyl (C=O) groups excluding carboxylic acids is 4. The predicted molar refractivity (Wildman–Crippen MR) is 168 cm³/mol. The van der Waals surface area contributed by atoms with E-state index in [4.69, 9.17) is 34.8 Å². The largest absolute Gasteiger partial charge is 0.349 e. The zero-order chi connectivity index (χ0) is 30.7. The number of nitrogens with zero attached hydrogens (tertiary/aromatic N) is 3. The molecule has 2 N–H and O–H groups in total. The van der Waals surface area contributed by atoms with Crippen LogP contribution in [0.25, 0.3) is 0 Å². The van der Waals surface area contributed by atoms with E-state index >= 15 is 0 Å². The van der Waals surface area contributed by atoms with Gasteiger partial charge in [0.15, 0.2) is 0 Å². The molecule has 9 nitrogen and oxygen atoms in total. The van der Waals surface area contributed by atoms with Gasteiger partial charge >= 0.3 is 0 Å². The summed E-state index contributed by atoms with van der Waals surface area (Å²) in [4.78, 5) is 58.9. The molecule has 1 fully saturated rings. The molecule has 2 aromatic carbocycles. The molecule has 226 valence electrons. The van der Waals surface area contributed by atoms with Gasteiger partial charge in [-0.25, -0.2) is 0 Å². The minimum atomic E-state index is -1.03. The van der Waals surface area contributed by atoms with Crippen molar-refractivity contribution in [1.29, 1.82) is 0 Å². The second-order valence-corrected chi connectivity index (χ2v) is 12.7. The van der Waals surface area contributed by atoms with Gasteiger partial charge in [0.25, 0.3) is 17.7 Å². The van der Waals surface area contributed by atoms with Gasteiger partial charge in [-0.2, -0.15) is 0 Å². The molecular formula is C30H30Cl3N5O4S. The first kappa shape index (κ1) is 31.3. The van der Waals surface area contributed by atoms with Crippen LogP contribution in [0.2, 0.25) is 15.1 Å². The van der Waals surface area contributed by atoms with Gasteiger partial charge in [0, 0.05) is 56.4 Å². The predicted octanol–water partition coefficient (Wildman–Crippen LogP) is 4.21. The lowest BCUT2D eigenvalue weighted by Crippen LogP contribution is -2.57. The number of benzene rings is 2. The van der Waals surface area contributed by atoms with Crippen molar-refractivity contribution in [2.24, 2.45) is 0 Å². The fourth-order valence-electron chi connectivity index (χ4n) is 5.18. The summed E-state index contributed by atoms with van der Waals surface area (Å²) in [5, 5.41) is 8.18. The number of fused-ring (bicyclic) bond motifs is 1. The lowest BCUT2D eigenvalue weighted by molar-refractivity contribution is -0.134. The van der Waals surface area contributed by atoms with Crippen molar-refractivity contribution in [2.75, 3.05) is 46.3 Å². The molecule has 43 heavy (non-hydrogen) atoms. The summed E-state index contributed by atoms with van der Waals surface area (Å²) in [5.74, 6) is -1.39. The monoisotopic (exact) mass is 661 g/mol. The van der Waals surface area contributed by atoms with Crippen LogP contribution >= 0.6 is 46.1 Å². The number of piperazine rings is 1. The van der Waals surface area contributed by atoms with E-state index in [9.17, 15) is 19.2 Å². The molecule has 3 heterocycles. The molecule has 0 unspecified atom stereocenters. The summed E-state index contributed by atoms with van der Waals surface area (Å²) < 4.78 is 0. The van der Waals surface area contributed by atoms with Crippen LogP contribution in [-0.2, 0) is 17.8 Å². The zero-order valence-electron chi connectivity index (χ0n) is 23.4. The Morgan fingerprint density at radius 1 is 0.930 bits per heavy atom. The van der Waals surface area contributed by atoms with Crippen molar-refractivity contribution in [2.45, 2.75) is 19.0 Å². The molecule has 0 aliphatic carbocycles. The number of amides is 4. The first-order chi connectivity index (χ1) is 20.6. The number of hydrogen-bond acceptors (Lipinski definition) is 6. The third-order valence-electron chi connectivity index (χ3n) is 7.64. The summed E-state index contributed by atoms with van der Waals surface area (Å²) in [6, 6.07) is 10.8. The molecular weight excluding hydrogens is 633 g/mol. The van der Waals surface area contributed by atoms with Crippen molar-refractivity contribution >= 4 is 69.8 Å². The number of hydrogen-bond donors (Lipinski definition) is 2. The van der Waals surface area contributed by atoms with Gasteiger partial charge in [0.1, 0.15) is 6.04 Å². The molecule has 5 rings (SSSR count). The number of likely N-dealkylation sites (N-methyl/N-ethyl adjacent to an activating group) is 1. The van der Waals surface area contributed by atoms with Crippen LogP contribution in [0.1, 0.15) is 41.5 Å². The van der Waals surface area contributed by atoms with Gasteiger partial charge in [-0.1, -0.05) is 40.9 Å². The summed E-state index contributed by atoms with van der Waals surface area (Å²) in [5.41, 5.74) is 2.04. The Morgan fingerprint density at radius 3 is 2.33 bits per heavy atom. The Hall–Kier alpha value is -3.15. The molecule has 0 radical (unpaired) electrons. The summed E-state index contributed by atoms with van der Waals surface area (Å²) in [6.07, 6.45) is 0.422. The Kier molecular flexibility index (Phi) is 9.93. The Labute approximate surface area is 268 Å². The topological polar surface area (TPSA) is 102 Å². The van der Waals surface area contributed by atoms with Crippen molar-refractivity contribution < 1.29 is 19.2 Å². The molecule has 2 aliphatic heterocycles. The fraction of sp³-hybridized carbons (Fsp3) is 0.333. The number of carbonyl (C=O) groups is 4. The average molecular weight is 663 g/mol. The SMILES string of the molecule is CN1CCN(C(=O)[C@H](CNC(=O)c2cccs2)NC(=O)c2c(Cl)cc3c(c2Cl)CCN(C(=O)c2ccc(Cl)cc2)C3)CC1. The zero-order valence-corrected chi connectivity index (χ0v) is 26.5. The quantitative estimate of drug-likeness (QED) is 0.395. The molecule has 0 bridgehead atoms. The number of nitrogens with one attached hydrogen (secondary N) is 2. The lowest BCUT2D eigenvalue weighted by atomic mass is 9.96. The summed E-state index contributed by atoms with van der Waals surface area (Å²) in [6.45, 7) is 2.99. The van der Waals surface area contributed by atoms with Gasteiger partial charge in [-0.15, -0.1) is 11.3 Å². The van der Waals surface area contributed by atoms with E-state index < -0.39 is 11.9 Å². The van der Waals surface area contributed by atoms with Crippen LogP contribution in [0, 0.1) is 0 Å². The third-order valence-corrected chi connectivity index (χ3v) is 9.48. The fourth-order valence-corrected chi connectivity index (χ4v) is 6.71. The van der Waals surface area contributed by atoms with E-state index in [1.165, 1.54) is 11.3 Å². The number of halogens is 3. The summed E-state index contributed by atoms with van der Waals surface area (Å²) >= 11 is 20.6. The molecule has 2 aliphatic rings. The van der Waals surface area contributed by atoms with Crippen LogP contribution in [-0.4, -0.2) is 90.7 Å². The maximum Gasteiger partial charge on any atom is 0.261 e. The average Bonchev–Trinajstić information content (AvgIpc) is 3.54. The van der Waals surface area contributed by atoms with Gasteiger partial charge in [0.2, 0.25) is 5.91 Å². The first-order valence-corrected chi connectivity index (χ1v) is 15.8. The maximum absolute atomic E-state index is 13.6. The van der Waals surface area contributed by atoms with E-state index in [-0.39, 0.29) is 46.4 Å². The molecule has 3 aromatic rings. The highest BCUT2D eigenvalue weighted by molar-refractivity contribution is 7.12. The maximum atomic E-state index is 13.6. The standard InChI is InChI=1S/C30H30Cl3N5O4S/c1-36-10-12-37(13-11-36)30(42)23(16-34-27(39)24-3-2-14-43-24)35-28(40)25-22(32)15-19-17-38(9-8-21(19)26(25)33)29(41)18-4-6-20(31)7-5-18/h2-7,14-15,23H,8-13,16-17H2,1H3,(H,34,39)(H,35,40)/t23-/m0/s1. The van der Waals surface area contributed by atoms with E-state index in [0.717, 1.165) is 11.1 Å². The third kappa shape index (κ3) is 7.16. The normalized spacial score (nSPS) is 15.9. The minimum absolute atomic E-state index is 0.0559. The van der Waals surface area contributed by atoms with E-state index in [1.807, 2.05) is 7.05 Å². The van der Waals surface area contributed by atoms with Crippen molar-refractivity contribution in [3.05, 3.63) is 90.0 Å². The van der Waals surface area contributed by atoms with Gasteiger partial charge in [-0.3, -0.25) is 19.2 Å². The molecule has 13 heteroatoms. The number of thiophene rings is 1. The van der Waals surface area contributed by atoms with Crippen LogP contribution < -0.4 is 10.6 Å². The molecule has 1 saturated heterocycles. The Balaban J connectivity index is 1.33. The van der Waals surface area contributed by atoms with Crippen LogP contribution in [0.5, 0.6) is 0 Å². The van der Waals surface area contributed by atoms with Crippen LogP contribution in [0.15, 0.2) is 47.8 Å². The van der Waals surface area contributed by atoms with Crippen molar-refractivity contribution in [1.82, 2.24) is 25.3 Å². The second kappa shape index (κ2) is 13.7. The van der Waals surface area contributed by atoms with Gasteiger partial charge in [-0.05, 0) is 66.4 Å². The molecule has 0 spiro atoms. The highest BCUT2D eigenvalue weighted by atomic mass is 35.5. The molecule has 1 atom stereocenters. The van der Waals surface area contributed by atoms with E-state index in [0.29, 0.717) is 54.6 Å². The number of rotatable bonds is 7. The van der Waals surface area contributed by atoms with E-state index in [1.54, 1.807) is 57.6 Å². The van der Waals surface area contributed by atoms with Gasteiger partial charge in [0.05, 0.1) is 20.5 Å². The van der Waals surface area contributed by atoms with Crippen molar-refractivity contribution in [3.8, 4) is 0 Å². The van der Waals surface area contributed by atoms with Crippen LogP contribution in [0.3, 0.4) is 0 Å². The highest BCUT2D eigenvalue weighted by Crippen LogP contribution is 2.35. The molecule has 1 aromatic heterocycles. The van der Waals surface area contributed by atoms with E-state index in [2.05, 4.69) is 15.5 Å². The molecule has 4 amide bonds.